The molecule has 2 aromatic carbocycles. The van der Waals surface area contributed by atoms with E-state index in [1.165, 1.54) is 0 Å². The number of hydrogen-bond acceptors (Lipinski definition) is 4. The Morgan fingerprint density at radius 3 is 2.23 bits per heavy atom. The topological polar surface area (TPSA) is 82.8 Å². The average molecular weight is 471 g/mol. The van der Waals surface area contributed by atoms with Gasteiger partial charge in [0.2, 0.25) is 0 Å². The van der Waals surface area contributed by atoms with Crippen LogP contribution in [-0.2, 0) is 0 Å². The van der Waals surface area contributed by atoms with Crippen LogP contribution in [0.25, 0.3) is 11.1 Å². The highest BCUT2D eigenvalue weighted by Crippen LogP contribution is 2.39. The number of hydrogen-bond donors (Lipinski definition) is 2. The van der Waals surface area contributed by atoms with Gasteiger partial charge in [0.15, 0.2) is 0 Å². The number of carboxylic acid groups (broad SMARTS) is 1. The highest BCUT2D eigenvalue weighted by molar-refractivity contribution is 6.01. The zero-order valence-electron chi connectivity index (χ0n) is 19.7. The molecular weight excluding hydrogens is 443 g/mol. The summed E-state index contributed by atoms with van der Waals surface area (Å²) in [6.45, 7) is 3.81. The number of halogens is 1. The zero-order valence-corrected chi connectivity index (χ0v) is 19.7. The summed E-state index contributed by atoms with van der Waals surface area (Å²) in [6.07, 6.45) is 4.70. The molecule has 1 aromatic heterocycles. The molecule has 0 spiro atoms. The van der Waals surface area contributed by atoms with Gasteiger partial charge < -0.3 is 10.3 Å². The number of carboxylic acids is 1. The second kappa shape index (κ2) is 10.5. The molecule has 35 heavy (non-hydrogen) atoms. The van der Waals surface area contributed by atoms with Crippen molar-refractivity contribution in [3.8, 4) is 11.1 Å². The van der Waals surface area contributed by atoms with Gasteiger partial charge in [-0.25, -0.2) is 9.18 Å². The van der Waals surface area contributed by atoms with Gasteiger partial charge in [-0.15, -0.1) is 0 Å². The van der Waals surface area contributed by atoms with Crippen molar-refractivity contribution in [2.75, 3.05) is 0 Å². The van der Waals surface area contributed by atoms with Crippen LogP contribution >= 0.6 is 0 Å². The minimum absolute atomic E-state index is 0.0952. The number of oxime groups is 1. The number of allylic oxidation sites excluding steroid dienone is 4. The van der Waals surface area contributed by atoms with Crippen LogP contribution in [0.15, 0.2) is 95.1 Å². The molecule has 0 unspecified atom stereocenters. The van der Waals surface area contributed by atoms with Gasteiger partial charge in [0.05, 0.1) is 11.3 Å². The van der Waals surface area contributed by atoms with Crippen LogP contribution in [0.4, 0.5) is 4.39 Å². The van der Waals surface area contributed by atoms with Crippen molar-refractivity contribution in [2.45, 2.75) is 39.0 Å². The molecule has 1 aliphatic carbocycles. The molecule has 0 amide bonds. The van der Waals surface area contributed by atoms with Crippen LogP contribution in [-0.4, -0.2) is 27.0 Å². The number of aromatic nitrogens is 1. The van der Waals surface area contributed by atoms with Gasteiger partial charge in [0.25, 0.3) is 0 Å². The standard InChI is InChI=1S/C29H27FN2O3/c1-18-15-25(30)11-12-26(18)27(17-28(32-35)24-13-14-31-19(2)16-24)22-7-3-20(4-8-22)21-5-9-23(10-6-21)29(33)34/h3-10,13-16,27,35H,11-12,17H2,1-2H3,(H,33,34)/b32-28+/t27-/m1/s1. The summed E-state index contributed by atoms with van der Waals surface area (Å²) in [7, 11) is 0. The van der Waals surface area contributed by atoms with Gasteiger partial charge in [0, 0.05) is 36.2 Å². The van der Waals surface area contributed by atoms with Crippen molar-refractivity contribution < 1.29 is 19.5 Å². The Morgan fingerprint density at radius 2 is 1.66 bits per heavy atom. The predicted octanol–water partition coefficient (Wildman–Crippen LogP) is 7.07. The van der Waals surface area contributed by atoms with Gasteiger partial charge in [-0.3, -0.25) is 4.98 Å². The number of aromatic carboxylic acids is 1. The Balaban J connectivity index is 1.70. The molecule has 0 bridgehead atoms. The molecule has 6 heteroatoms. The summed E-state index contributed by atoms with van der Waals surface area (Å²) in [5.41, 5.74) is 7.36. The lowest BCUT2D eigenvalue weighted by Gasteiger charge is -2.26. The first-order chi connectivity index (χ1) is 16.9. The van der Waals surface area contributed by atoms with E-state index in [1.807, 2.05) is 50.2 Å². The highest BCUT2D eigenvalue weighted by Gasteiger charge is 2.24. The molecule has 0 radical (unpaired) electrons. The molecule has 5 nitrogen and oxygen atoms in total. The SMILES string of the molecule is CC1=C([C@H](C/C(=N\O)c2ccnc(C)c2)c2ccc(-c3ccc(C(=O)O)cc3)cc2)CCC(F)=C1. The fraction of sp³-hybridized carbons (Fsp3) is 0.207. The van der Waals surface area contributed by atoms with Crippen LogP contribution in [0.1, 0.15) is 59.3 Å². The lowest BCUT2D eigenvalue weighted by Crippen LogP contribution is -2.14. The molecule has 3 aromatic rings. The maximum absolute atomic E-state index is 13.9. The van der Waals surface area contributed by atoms with Crippen LogP contribution in [0.2, 0.25) is 0 Å². The van der Waals surface area contributed by atoms with Crippen molar-refractivity contribution >= 4 is 11.7 Å². The minimum atomic E-state index is -0.956. The second-order valence-corrected chi connectivity index (χ2v) is 8.79. The lowest BCUT2D eigenvalue weighted by molar-refractivity contribution is 0.0697. The van der Waals surface area contributed by atoms with Crippen LogP contribution in [0.3, 0.4) is 0 Å². The Hall–Kier alpha value is -4.06. The quantitative estimate of drug-likeness (QED) is 0.220. The average Bonchev–Trinajstić information content (AvgIpc) is 2.86. The summed E-state index contributed by atoms with van der Waals surface area (Å²) in [6, 6.07) is 18.5. The summed E-state index contributed by atoms with van der Waals surface area (Å²) in [5.74, 6) is -1.17. The third-order valence-corrected chi connectivity index (χ3v) is 6.46. The van der Waals surface area contributed by atoms with E-state index >= 15 is 0 Å². The van der Waals surface area contributed by atoms with Gasteiger partial charge in [-0.1, -0.05) is 47.1 Å². The fourth-order valence-corrected chi connectivity index (χ4v) is 4.59. The molecule has 4 rings (SSSR count). The van der Waals surface area contributed by atoms with E-state index in [-0.39, 0.29) is 17.3 Å². The van der Waals surface area contributed by atoms with E-state index in [9.17, 15) is 14.4 Å². The van der Waals surface area contributed by atoms with Crippen molar-refractivity contribution in [1.82, 2.24) is 4.98 Å². The number of carbonyl (C=O) groups is 1. The fourth-order valence-electron chi connectivity index (χ4n) is 4.59. The molecule has 0 saturated carbocycles. The predicted molar refractivity (Wildman–Crippen MR) is 135 cm³/mol. The number of aryl methyl sites for hydroxylation is 1. The Bertz CT molecular complexity index is 1320. The van der Waals surface area contributed by atoms with E-state index < -0.39 is 5.97 Å². The number of nitrogens with zero attached hydrogens (tertiary/aromatic N) is 2. The number of rotatable bonds is 7. The number of pyridine rings is 1. The normalized spacial score (nSPS) is 15.1. The van der Waals surface area contributed by atoms with Crippen molar-refractivity contribution in [3.63, 3.8) is 0 Å². The molecule has 2 N–H and O–H groups in total. The summed E-state index contributed by atoms with van der Waals surface area (Å²) >= 11 is 0. The van der Waals surface area contributed by atoms with Crippen molar-refractivity contribution in [3.05, 3.63) is 112 Å². The van der Waals surface area contributed by atoms with Gasteiger partial charge >= 0.3 is 5.97 Å². The maximum atomic E-state index is 13.9. The summed E-state index contributed by atoms with van der Waals surface area (Å²) in [5, 5.41) is 22.6. The molecular formula is C29H27FN2O3. The Kier molecular flexibility index (Phi) is 7.20. The van der Waals surface area contributed by atoms with Crippen molar-refractivity contribution in [2.24, 2.45) is 5.16 Å². The third-order valence-electron chi connectivity index (χ3n) is 6.46. The third kappa shape index (κ3) is 5.54. The first kappa shape index (κ1) is 24.1. The number of benzene rings is 2. The van der Waals surface area contributed by atoms with Crippen LogP contribution < -0.4 is 0 Å². The summed E-state index contributed by atoms with van der Waals surface area (Å²) < 4.78 is 13.9. The van der Waals surface area contributed by atoms with Gasteiger partial charge in [-0.05, 0) is 72.9 Å². The molecule has 1 aliphatic rings. The van der Waals surface area contributed by atoms with Gasteiger partial charge in [-0.2, -0.15) is 0 Å². The highest BCUT2D eigenvalue weighted by atomic mass is 19.1. The van der Waals surface area contributed by atoms with E-state index in [4.69, 9.17) is 5.11 Å². The monoisotopic (exact) mass is 470 g/mol. The minimum Gasteiger partial charge on any atom is -0.478 e. The van der Waals surface area contributed by atoms with Crippen molar-refractivity contribution in [1.29, 1.82) is 0 Å². The van der Waals surface area contributed by atoms with E-state index in [0.717, 1.165) is 39.1 Å². The van der Waals surface area contributed by atoms with E-state index in [0.29, 0.717) is 25.0 Å². The molecule has 178 valence electrons. The molecule has 0 saturated heterocycles. The van der Waals surface area contributed by atoms with E-state index in [1.54, 1.807) is 36.5 Å². The van der Waals surface area contributed by atoms with Gasteiger partial charge in [0.1, 0.15) is 5.83 Å². The summed E-state index contributed by atoms with van der Waals surface area (Å²) in [4.78, 5) is 15.4. The smallest absolute Gasteiger partial charge is 0.335 e. The van der Waals surface area contributed by atoms with E-state index in [2.05, 4.69) is 10.1 Å². The van der Waals surface area contributed by atoms with Crippen LogP contribution in [0, 0.1) is 6.92 Å². The Labute approximate surface area is 204 Å². The first-order valence-corrected chi connectivity index (χ1v) is 11.5. The van der Waals surface area contributed by atoms with Crippen LogP contribution in [0.5, 0.6) is 0 Å². The second-order valence-electron chi connectivity index (χ2n) is 8.79. The first-order valence-electron chi connectivity index (χ1n) is 11.5. The zero-order chi connectivity index (χ0) is 24.9. The molecule has 0 fully saturated rings. The molecule has 1 atom stereocenters. The lowest BCUT2D eigenvalue weighted by atomic mass is 9.79. The largest absolute Gasteiger partial charge is 0.478 e. The Morgan fingerprint density at radius 1 is 1.00 bits per heavy atom. The maximum Gasteiger partial charge on any atom is 0.335 e. The molecule has 0 aliphatic heterocycles. The molecule has 1 heterocycles.